The largest absolute Gasteiger partial charge is 0.373 e. The first kappa shape index (κ1) is 15.2. The SMILES string of the molecule is C=C(C)N1CCCC1C.CC(=O)C1CCCN1C. The molecule has 0 aromatic heterocycles. The highest BCUT2D eigenvalue weighted by atomic mass is 16.1. The number of hydrogen-bond donors (Lipinski definition) is 0. The Morgan fingerprint density at radius 3 is 2.00 bits per heavy atom. The molecule has 0 aromatic carbocycles. The molecule has 2 fully saturated rings. The number of likely N-dealkylation sites (tertiary alicyclic amines) is 2. The van der Waals surface area contributed by atoms with E-state index >= 15 is 0 Å². The molecule has 2 saturated heterocycles. The van der Waals surface area contributed by atoms with Crippen LogP contribution in [-0.4, -0.2) is 47.8 Å². The molecule has 0 spiro atoms. The van der Waals surface area contributed by atoms with Crippen LogP contribution in [0, 0.1) is 0 Å². The number of hydrogen-bond acceptors (Lipinski definition) is 3. The third kappa shape index (κ3) is 4.13. The number of carbonyl (C=O) groups excluding carboxylic acids is 1. The molecule has 2 unspecified atom stereocenters. The minimum atomic E-state index is 0.227. The predicted octanol–water partition coefficient (Wildman–Crippen LogP) is 2.67. The predicted molar refractivity (Wildman–Crippen MR) is 76.5 cm³/mol. The van der Waals surface area contributed by atoms with Crippen LogP contribution in [0.2, 0.25) is 0 Å². The quantitative estimate of drug-likeness (QED) is 0.755. The van der Waals surface area contributed by atoms with Crippen LogP contribution in [0.15, 0.2) is 12.3 Å². The average Bonchev–Trinajstić information content (AvgIpc) is 2.87. The Morgan fingerprint density at radius 1 is 1.17 bits per heavy atom. The summed E-state index contributed by atoms with van der Waals surface area (Å²) in [7, 11) is 2.01. The van der Waals surface area contributed by atoms with Crippen LogP contribution in [0.3, 0.4) is 0 Å². The summed E-state index contributed by atoms with van der Waals surface area (Å²) in [6.45, 7) is 12.2. The second kappa shape index (κ2) is 6.93. The number of nitrogens with zero attached hydrogens (tertiary/aromatic N) is 2. The molecule has 0 aliphatic carbocycles. The van der Waals surface area contributed by atoms with E-state index in [2.05, 4.69) is 30.2 Å². The second-order valence-corrected chi connectivity index (χ2v) is 5.67. The molecular formula is C15H28N2O. The molecule has 2 heterocycles. The Hall–Kier alpha value is -0.830. The Bertz CT molecular complexity index is 271. The Morgan fingerprint density at radius 2 is 1.78 bits per heavy atom. The van der Waals surface area contributed by atoms with E-state index in [-0.39, 0.29) is 6.04 Å². The van der Waals surface area contributed by atoms with Crippen molar-refractivity contribution < 1.29 is 4.79 Å². The van der Waals surface area contributed by atoms with Crippen molar-refractivity contribution in [3.63, 3.8) is 0 Å². The molecule has 2 aliphatic heterocycles. The second-order valence-electron chi connectivity index (χ2n) is 5.67. The van der Waals surface area contributed by atoms with E-state index in [1.54, 1.807) is 6.92 Å². The first-order valence-electron chi connectivity index (χ1n) is 7.06. The average molecular weight is 252 g/mol. The van der Waals surface area contributed by atoms with Gasteiger partial charge in [0.2, 0.25) is 0 Å². The molecule has 0 radical (unpaired) electrons. The highest BCUT2D eigenvalue weighted by Gasteiger charge is 2.23. The first-order valence-corrected chi connectivity index (χ1v) is 7.06. The van der Waals surface area contributed by atoms with Crippen molar-refractivity contribution in [2.24, 2.45) is 0 Å². The van der Waals surface area contributed by atoms with Crippen LogP contribution >= 0.6 is 0 Å². The van der Waals surface area contributed by atoms with Gasteiger partial charge >= 0.3 is 0 Å². The van der Waals surface area contributed by atoms with E-state index in [1.165, 1.54) is 31.5 Å². The summed E-state index contributed by atoms with van der Waals surface area (Å²) >= 11 is 0. The van der Waals surface area contributed by atoms with Crippen LogP contribution in [-0.2, 0) is 4.79 Å². The van der Waals surface area contributed by atoms with Crippen molar-refractivity contribution in [1.82, 2.24) is 9.80 Å². The van der Waals surface area contributed by atoms with Gasteiger partial charge in [-0.15, -0.1) is 0 Å². The van der Waals surface area contributed by atoms with Crippen molar-refractivity contribution in [2.75, 3.05) is 20.1 Å². The third-order valence-corrected chi connectivity index (χ3v) is 4.03. The van der Waals surface area contributed by atoms with Crippen LogP contribution < -0.4 is 0 Å². The molecule has 0 N–H and O–H groups in total. The highest BCUT2D eigenvalue weighted by Crippen LogP contribution is 2.19. The van der Waals surface area contributed by atoms with E-state index in [4.69, 9.17) is 0 Å². The standard InChI is InChI=1S/C8H15N.C7H13NO/c1-7(2)9-6-4-5-8(9)3;1-6(9)7-4-3-5-8(7)2/h8H,1,4-6H2,2-3H3;7H,3-5H2,1-2H3. The lowest BCUT2D eigenvalue weighted by Crippen LogP contribution is -2.30. The van der Waals surface area contributed by atoms with Crippen molar-refractivity contribution in [3.05, 3.63) is 12.3 Å². The van der Waals surface area contributed by atoms with Gasteiger partial charge in [0.15, 0.2) is 0 Å². The van der Waals surface area contributed by atoms with Gasteiger partial charge in [0.25, 0.3) is 0 Å². The Balaban J connectivity index is 0.000000180. The van der Waals surface area contributed by atoms with Gasteiger partial charge in [-0.25, -0.2) is 0 Å². The monoisotopic (exact) mass is 252 g/mol. The van der Waals surface area contributed by atoms with Gasteiger partial charge in [-0.3, -0.25) is 9.69 Å². The summed E-state index contributed by atoms with van der Waals surface area (Å²) in [5.74, 6) is 0.315. The summed E-state index contributed by atoms with van der Waals surface area (Å²) in [5, 5.41) is 0. The summed E-state index contributed by atoms with van der Waals surface area (Å²) < 4.78 is 0. The van der Waals surface area contributed by atoms with Crippen LogP contribution in [0.4, 0.5) is 0 Å². The lowest BCUT2D eigenvalue weighted by Gasteiger charge is -2.22. The smallest absolute Gasteiger partial charge is 0.146 e. The summed E-state index contributed by atoms with van der Waals surface area (Å²) in [5.41, 5.74) is 1.22. The lowest BCUT2D eigenvalue weighted by molar-refractivity contribution is -0.120. The Labute approximate surface area is 112 Å². The molecule has 18 heavy (non-hydrogen) atoms. The van der Waals surface area contributed by atoms with Crippen molar-refractivity contribution >= 4 is 5.78 Å². The number of ketones is 1. The van der Waals surface area contributed by atoms with E-state index in [0.717, 1.165) is 19.0 Å². The van der Waals surface area contributed by atoms with Crippen LogP contribution in [0.5, 0.6) is 0 Å². The zero-order chi connectivity index (χ0) is 13.7. The molecule has 0 saturated carbocycles. The third-order valence-electron chi connectivity index (χ3n) is 4.03. The van der Waals surface area contributed by atoms with Crippen molar-refractivity contribution in [1.29, 1.82) is 0 Å². The molecule has 2 atom stereocenters. The number of Topliss-reactive ketones (excluding diaryl/α,β-unsaturated/α-hetero) is 1. The van der Waals surface area contributed by atoms with Crippen molar-refractivity contribution in [2.45, 2.75) is 58.5 Å². The van der Waals surface area contributed by atoms with Gasteiger partial charge in [0, 0.05) is 18.3 Å². The maximum atomic E-state index is 10.8. The zero-order valence-corrected chi connectivity index (χ0v) is 12.4. The summed E-state index contributed by atoms with van der Waals surface area (Å²) in [6, 6.07) is 0.965. The first-order chi connectivity index (χ1) is 8.43. The number of rotatable bonds is 2. The van der Waals surface area contributed by atoms with E-state index in [0.29, 0.717) is 5.78 Å². The topological polar surface area (TPSA) is 23.6 Å². The molecule has 0 bridgehead atoms. The minimum Gasteiger partial charge on any atom is -0.373 e. The highest BCUT2D eigenvalue weighted by molar-refractivity contribution is 5.81. The van der Waals surface area contributed by atoms with Crippen molar-refractivity contribution in [3.8, 4) is 0 Å². The maximum absolute atomic E-state index is 10.8. The fourth-order valence-electron chi connectivity index (χ4n) is 2.92. The molecule has 104 valence electrons. The number of allylic oxidation sites excluding steroid dienone is 1. The lowest BCUT2D eigenvalue weighted by atomic mass is 10.1. The molecular weight excluding hydrogens is 224 g/mol. The number of carbonyl (C=O) groups is 1. The molecule has 2 rings (SSSR count). The normalized spacial score (nSPS) is 27.9. The molecule has 0 amide bonds. The fourth-order valence-corrected chi connectivity index (χ4v) is 2.92. The number of likely N-dealkylation sites (N-methyl/N-ethyl adjacent to an activating group) is 1. The summed E-state index contributed by atoms with van der Waals surface area (Å²) in [6.07, 6.45) is 4.92. The van der Waals surface area contributed by atoms with E-state index in [1.807, 2.05) is 7.05 Å². The minimum absolute atomic E-state index is 0.227. The van der Waals surface area contributed by atoms with Gasteiger partial charge in [-0.2, -0.15) is 0 Å². The summed E-state index contributed by atoms with van der Waals surface area (Å²) in [4.78, 5) is 15.3. The van der Waals surface area contributed by atoms with Gasteiger partial charge in [0.1, 0.15) is 5.78 Å². The van der Waals surface area contributed by atoms with Gasteiger partial charge in [0.05, 0.1) is 6.04 Å². The molecule has 3 nitrogen and oxygen atoms in total. The molecule has 0 aromatic rings. The van der Waals surface area contributed by atoms with E-state index in [9.17, 15) is 4.79 Å². The maximum Gasteiger partial charge on any atom is 0.146 e. The molecule has 2 aliphatic rings. The van der Waals surface area contributed by atoms with Gasteiger partial charge in [-0.1, -0.05) is 6.58 Å². The van der Waals surface area contributed by atoms with E-state index < -0.39 is 0 Å². The molecule has 3 heteroatoms. The Kier molecular flexibility index (Phi) is 5.86. The van der Waals surface area contributed by atoms with Crippen LogP contribution in [0.1, 0.15) is 46.5 Å². The van der Waals surface area contributed by atoms with Crippen LogP contribution in [0.25, 0.3) is 0 Å². The fraction of sp³-hybridized carbons (Fsp3) is 0.800. The van der Waals surface area contributed by atoms with Gasteiger partial charge in [-0.05, 0) is 60.0 Å². The van der Waals surface area contributed by atoms with Gasteiger partial charge < -0.3 is 4.90 Å². The zero-order valence-electron chi connectivity index (χ0n) is 12.4.